The zero-order chi connectivity index (χ0) is 26.5. The fourth-order valence-electron chi connectivity index (χ4n) is 3.90. The van der Waals surface area contributed by atoms with Crippen LogP contribution in [-0.2, 0) is 14.6 Å². The molecule has 0 radical (unpaired) electrons. The topological polar surface area (TPSA) is 77.2 Å². The molecule has 0 amide bonds. The quantitative estimate of drug-likeness (QED) is 0.139. The first-order chi connectivity index (χ1) is 17.0. The van der Waals surface area contributed by atoms with E-state index in [1.54, 1.807) is 23.9 Å². The number of nitrogen functional groups attached to an aromatic ring is 1. The third kappa shape index (κ3) is 7.09. The molecule has 0 aliphatic carbocycles. The lowest BCUT2D eigenvalue weighted by molar-refractivity contribution is -0.112. The standard InChI is InChI=1S/C28H27ClFNO3S2/c1-4-23(24-13-11-21(30)16-25(24)29)28(20-10-14-27(35-2)26(31)15-20)19-8-5-18(6-9-19)7-12-22(32)17-36(3,33)34/h5-16H,4,17,31H2,1-3H3/b12-7+,28-23+. The molecule has 0 saturated carbocycles. The van der Waals surface area contributed by atoms with Crippen molar-refractivity contribution in [2.24, 2.45) is 0 Å². The summed E-state index contributed by atoms with van der Waals surface area (Å²) >= 11 is 8.02. The molecule has 0 unspecified atom stereocenters. The summed E-state index contributed by atoms with van der Waals surface area (Å²) in [7, 11) is -3.38. The maximum Gasteiger partial charge on any atom is 0.170 e. The van der Waals surface area contributed by atoms with E-state index in [4.69, 9.17) is 17.3 Å². The van der Waals surface area contributed by atoms with Crippen molar-refractivity contribution >= 4 is 61.9 Å². The van der Waals surface area contributed by atoms with Gasteiger partial charge in [-0.25, -0.2) is 12.8 Å². The van der Waals surface area contributed by atoms with Gasteiger partial charge < -0.3 is 5.73 Å². The minimum absolute atomic E-state index is 0.321. The highest BCUT2D eigenvalue weighted by Crippen LogP contribution is 2.39. The molecule has 3 aromatic carbocycles. The van der Waals surface area contributed by atoms with Crippen LogP contribution in [0, 0.1) is 5.82 Å². The van der Waals surface area contributed by atoms with Gasteiger partial charge in [-0.1, -0.05) is 61.0 Å². The molecule has 2 N–H and O–H groups in total. The summed E-state index contributed by atoms with van der Waals surface area (Å²) in [6, 6.07) is 17.8. The maximum absolute atomic E-state index is 13.8. The van der Waals surface area contributed by atoms with Crippen molar-refractivity contribution in [3.05, 3.63) is 99.8 Å². The van der Waals surface area contributed by atoms with E-state index in [1.807, 2.05) is 55.6 Å². The van der Waals surface area contributed by atoms with Crippen LogP contribution in [0.3, 0.4) is 0 Å². The number of carbonyl (C=O) groups is 1. The number of anilines is 1. The Morgan fingerprint density at radius 3 is 2.28 bits per heavy atom. The van der Waals surface area contributed by atoms with E-state index in [0.29, 0.717) is 17.1 Å². The van der Waals surface area contributed by atoms with Crippen LogP contribution < -0.4 is 5.73 Å². The van der Waals surface area contributed by atoms with Crippen LogP contribution in [0.4, 0.5) is 10.1 Å². The maximum atomic E-state index is 13.8. The zero-order valence-corrected chi connectivity index (χ0v) is 22.6. The zero-order valence-electron chi connectivity index (χ0n) is 20.2. The average molecular weight is 544 g/mol. The summed E-state index contributed by atoms with van der Waals surface area (Å²) in [5.74, 6) is -1.41. The summed E-state index contributed by atoms with van der Waals surface area (Å²) in [5.41, 5.74) is 12.1. The van der Waals surface area contributed by atoms with Crippen LogP contribution >= 0.6 is 23.4 Å². The van der Waals surface area contributed by atoms with Crippen molar-refractivity contribution < 1.29 is 17.6 Å². The van der Waals surface area contributed by atoms with Gasteiger partial charge >= 0.3 is 0 Å². The van der Waals surface area contributed by atoms with E-state index in [0.717, 1.165) is 44.6 Å². The lowest BCUT2D eigenvalue weighted by Gasteiger charge is -2.18. The molecule has 0 spiro atoms. The second kappa shape index (κ2) is 11.9. The molecule has 0 heterocycles. The van der Waals surface area contributed by atoms with Gasteiger partial charge in [-0.15, -0.1) is 11.8 Å². The molecule has 0 saturated heterocycles. The Hall–Kier alpha value is -2.87. The molecule has 0 atom stereocenters. The molecule has 0 bridgehead atoms. The molecule has 0 aliphatic heterocycles. The molecular weight excluding hydrogens is 517 g/mol. The molecule has 0 aromatic heterocycles. The minimum Gasteiger partial charge on any atom is -0.398 e. The average Bonchev–Trinajstić information content (AvgIpc) is 2.81. The SMILES string of the molecule is CC/C(=C(/c1ccc(/C=C/C(=O)CS(C)(=O)=O)cc1)c1ccc(SC)c(N)c1)c1ccc(F)cc1Cl. The Balaban J connectivity index is 2.13. The van der Waals surface area contributed by atoms with Crippen molar-refractivity contribution in [3.8, 4) is 0 Å². The van der Waals surface area contributed by atoms with Crippen molar-refractivity contribution in [2.45, 2.75) is 18.2 Å². The normalized spacial score (nSPS) is 12.6. The number of nitrogens with two attached hydrogens (primary N) is 1. The van der Waals surface area contributed by atoms with Gasteiger partial charge in [-0.3, -0.25) is 4.79 Å². The molecule has 3 rings (SSSR count). The number of hydrogen-bond donors (Lipinski definition) is 1. The fraction of sp³-hybridized carbons (Fsp3) is 0.179. The van der Waals surface area contributed by atoms with Crippen LogP contribution in [0.2, 0.25) is 5.02 Å². The summed E-state index contributed by atoms with van der Waals surface area (Å²) in [6.45, 7) is 2.01. The van der Waals surface area contributed by atoms with Crippen molar-refractivity contribution in [2.75, 3.05) is 24.0 Å². The minimum atomic E-state index is -3.38. The number of allylic oxidation sites excluding steroid dienone is 2. The monoisotopic (exact) mass is 543 g/mol. The van der Waals surface area contributed by atoms with E-state index in [9.17, 15) is 17.6 Å². The molecule has 3 aromatic rings. The predicted molar refractivity (Wildman–Crippen MR) is 150 cm³/mol. The van der Waals surface area contributed by atoms with E-state index in [2.05, 4.69) is 0 Å². The van der Waals surface area contributed by atoms with Crippen molar-refractivity contribution in [3.63, 3.8) is 0 Å². The highest BCUT2D eigenvalue weighted by molar-refractivity contribution is 7.98. The first-order valence-electron chi connectivity index (χ1n) is 11.1. The number of sulfone groups is 1. The van der Waals surface area contributed by atoms with Crippen molar-refractivity contribution in [1.29, 1.82) is 0 Å². The number of halogens is 2. The van der Waals surface area contributed by atoms with E-state index in [-0.39, 0.29) is 0 Å². The predicted octanol–water partition coefficient (Wildman–Crippen LogP) is 6.78. The van der Waals surface area contributed by atoms with Crippen molar-refractivity contribution in [1.82, 2.24) is 0 Å². The van der Waals surface area contributed by atoms with Gasteiger partial charge in [0, 0.05) is 16.8 Å². The summed E-state index contributed by atoms with van der Waals surface area (Å²) in [6.07, 6.45) is 6.48. The van der Waals surface area contributed by atoms with Crippen LogP contribution in [0.25, 0.3) is 17.2 Å². The van der Waals surface area contributed by atoms with Gasteiger partial charge in [0.05, 0.1) is 5.02 Å². The second-order valence-electron chi connectivity index (χ2n) is 8.28. The Morgan fingerprint density at radius 2 is 1.72 bits per heavy atom. The van der Waals surface area contributed by atoms with Gasteiger partial charge in [-0.05, 0) is 76.4 Å². The number of ketones is 1. The lowest BCUT2D eigenvalue weighted by atomic mass is 9.87. The smallest absolute Gasteiger partial charge is 0.170 e. The third-order valence-corrected chi connectivity index (χ3v) is 7.43. The van der Waals surface area contributed by atoms with Gasteiger partial charge in [0.25, 0.3) is 0 Å². The Labute approximate surface area is 221 Å². The van der Waals surface area contributed by atoms with Gasteiger partial charge in [-0.2, -0.15) is 0 Å². The second-order valence-corrected chi connectivity index (χ2v) is 11.7. The number of benzene rings is 3. The highest BCUT2D eigenvalue weighted by atomic mass is 35.5. The fourth-order valence-corrected chi connectivity index (χ4v) is 5.29. The van der Waals surface area contributed by atoms with E-state index < -0.39 is 27.2 Å². The molecule has 8 heteroatoms. The molecular formula is C28H27ClFNO3S2. The summed E-state index contributed by atoms with van der Waals surface area (Å²) < 4.78 is 36.4. The number of thioether (sulfide) groups is 1. The van der Waals surface area contributed by atoms with Gasteiger partial charge in [0.15, 0.2) is 15.6 Å². The van der Waals surface area contributed by atoms with Gasteiger partial charge in [0.1, 0.15) is 11.6 Å². The van der Waals surface area contributed by atoms with Crippen LogP contribution in [0.5, 0.6) is 0 Å². The molecule has 188 valence electrons. The van der Waals surface area contributed by atoms with E-state index in [1.165, 1.54) is 18.2 Å². The van der Waals surface area contributed by atoms with Crippen LogP contribution in [0.1, 0.15) is 35.6 Å². The molecule has 4 nitrogen and oxygen atoms in total. The lowest BCUT2D eigenvalue weighted by Crippen LogP contribution is -2.11. The Kier molecular flexibility index (Phi) is 9.17. The van der Waals surface area contributed by atoms with Gasteiger partial charge in [0.2, 0.25) is 0 Å². The number of carbonyl (C=O) groups excluding carboxylic acids is 1. The number of hydrogen-bond acceptors (Lipinski definition) is 5. The summed E-state index contributed by atoms with van der Waals surface area (Å²) in [5, 5.41) is 0.321. The largest absolute Gasteiger partial charge is 0.398 e. The summed E-state index contributed by atoms with van der Waals surface area (Å²) in [4.78, 5) is 12.9. The third-order valence-electron chi connectivity index (χ3n) is 5.50. The highest BCUT2D eigenvalue weighted by Gasteiger charge is 2.17. The molecule has 36 heavy (non-hydrogen) atoms. The molecule has 0 aliphatic rings. The molecule has 0 fully saturated rings. The van der Waals surface area contributed by atoms with Crippen LogP contribution in [0.15, 0.2) is 71.6 Å². The Bertz CT molecular complexity index is 1450. The Morgan fingerprint density at radius 1 is 1.06 bits per heavy atom. The van der Waals surface area contributed by atoms with Crippen LogP contribution in [-0.4, -0.2) is 32.5 Å². The first kappa shape index (κ1) is 27.7. The first-order valence-corrected chi connectivity index (χ1v) is 14.8. The number of rotatable bonds is 9. The van der Waals surface area contributed by atoms with E-state index >= 15 is 0 Å².